The van der Waals surface area contributed by atoms with Crippen LogP contribution in [0.4, 0.5) is 5.69 Å². The van der Waals surface area contributed by atoms with Crippen LogP contribution in [0.25, 0.3) is 0 Å². The average Bonchev–Trinajstić information content (AvgIpc) is 3.15. The van der Waals surface area contributed by atoms with Crippen molar-refractivity contribution in [2.45, 2.75) is 24.0 Å². The van der Waals surface area contributed by atoms with Crippen molar-refractivity contribution in [1.82, 2.24) is 10.3 Å². The molecular formula is C22H25N3OS2. The molecule has 0 saturated heterocycles. The first-order valence-corrected chi connectivity index (χ1v) is 11.2. The molecule has 0 aliphatic rings. The number of carbonyl (C=O) groups excluding carboxylic acids is 1. The standard InChI is InChI=1S/C22H25N3OS2/c1-17-24-19(15-27-17)16-28-21-11-9-18(10-12-21)22(26)23-13-6-14-25(2)20-7-4-3-5-8-20/h3-5,7-12,15H,6,13-14,16H2,1-2H3,(H,23,26). The van der Waals surface area contributed by atoms with Gasteiger partial charge < -0.3 is 10.2 Å². The first-order chi connectivity index (χ1) is 13.6. The Labute approximate surface area is 175 Å². The molecule has 3 aromatic rings. The van der Waals surface area contributed by atoms with E-state index in [1.54, 1.807) is 23.1 Å². The maximum Gasteiger partial charge on any atom is 0.251 e. The minimum Gasteiger partial charge on any atom is -0.375 e. The third kappa shape index (κ3) is 6.11. The van der Waals surface area contributed by atoms with Gasteiger partial charge in [-0.05, 0) is 49.7 Å². The number of thiazole rings is 1. The molecule has 28 heavy (non-hydrogen) atoms. The van der Waals surface area contributed by atoms with Crippen molar-refractivity contribution in [3.8, 4) is 0 Å². The molecule has 0 bridgehead atoms. The van der Waals surface area contributed by atoms with E-state index in [0.29, 0.717) is 12.1 Å². The Morgan fingerprint density at radius 3 is 2.57 bits per heavy atom. The zero-order chi connectivity index (χ0) is 19.8. The summed E-state index contributed by atoms with van der Waals surface area (Å²) >= 11 is 3.41. The van der Waals surface area contributed by atoms with Gasteiger partial charge in [-0.2, -0.15) is 0 Å². The summed E-state index contributed by atoms with van der Waals surface area (Å²) in [5.74, 6) is 0.833. The predicted octanol–water partition coefficient (Wildman–Crippen LogP) is 5.00. The van der Waals surface area contributed by atoms with E-state index in [1.807, 2.05) is 49.4 Å². The predicted molar refractivity (Wildman–Crippen MR) is 120 cm³/mol. The topological polar surface area (TPSA) is 45.2 Å². The van der Waals surface area contributed by atoms with Crippen molar-refractivity contribution in [2.24, 2.45) is 0 Å². The smallest absolute Gasteiger partial charge is 0.251 e. The maximum atomic E-state index is 12.3. The number of anilines is 1. The molecule has 0 atom stereocenters. The molecule has 146 valence electrons. The van der Waals surface area contributed by atoms with Gasteiger partial charge in [0.2, 0.25) is 0 Å². The van der Waals surface area contributed by atoms with E-state index in [2.05, 4.69) is 39.8 Å². The summed E-state index contributed by atoms with van der Waals surface area (Å²) in [6.45, 7) is 3.58. The first-order valence-electron chi connectivity index (χ1n) is 9.30. The number of thioether (sulfide) groups is 1. The minimum atomic E-state index is -0.0194. The third-order valence-corrected chi connectivity index (χ3v) is 6.19. The molecule has 0 fully saturated rings. The Balaban J connectivity index is 1.39. The number of nitrogens with one attached hydrogen (secondary N) is 1. The molecular weight excluding hydrogens is 386 g/mol. The van der Waals surface area contributed by atoms with Gasteiger partial charge in [0, 0.05) is 47.4 Å². The molecule has 3 rings (SSSR count). The van der Waals surface area contributed by atoms with E-state index in [9.17, 15) is 4.79 Å². The van der Waals surface area contributed by atoms with Crippen LogP contribution in [0.5, 0.6) is 0 Å². The number of rotatable bonds is 9. The average molecular weight is 412 g/mol. The van der Waals surface area contributed by atoms with E-state index in [-0.39, 0.29) is 5.91 Å². The van der Waals surface area contributed by atoms with Gasteiger partial charge in [-0.1, -0.05) is 18.2 Å². The van der Waals surface area contributed by atoms with E-state index < -0.39 is 0 Å². The van der Waals surface area contributed by atoms with Crippen LogP contribution in [-0.2, 0) is 5.75 Å². The van der Waals surface area contributed by atoms with Crippen LogP contribution in [0.15, 0.2) is 64.9 Å². The highest BCUT2D eigenvalue weighted by Gasteiger charge is 2.06. The number of hydrogen-bond acceptors (Lipinski definition) is 5. The molecule has 0 saturated carbocycles. The molecule has 0 spiro atoms. The monoisotopic (exact) mass is 411 g/mol. The van der Waals surface area contributed by atoms with Crippen LogP contribution in [0.1, 0.15) is 27.5 Å². The Morgan fingerprint density at radius 2 is 1.89 bits per heavy atom. The van der Waals surface area contributed by atoms with Gasteiger partial charge in [-0.15, -0.1) is 23.1 Å². The number of nitrogens with zero attached hydrogens (tertiary/aromatic N) is 2. The zero-order valence-electron chi connectivity index (χ0n) is 16.2. The molecule has 6 heteroatoms. The maximum absolute atomic E-state index is 12.3. The number of aromatic nitrogens is 1. The number of para-hydroxylation sites is 1. The summed E-state index contributed by atoms with van der Waals surface area (Å²) in [4.78, 5) is 20.1. The van der Waals surface area contributed by atoms with Gasteiger partial charge in [0.15, 0.2) is 0 Å². The van der Waals surface area contributed by atoms with Crippen LogP contribution in [0, 0.1) is 6.92 Å². The van der Waals surface area contributed by atoms with Crippen molar-refractivity contribution >= 4 is 34.7 Å². The number of aryl methyl sites for hydroxylation is 1. The highest BCUT2D eigenvalue weighted by molar-refractivity contribution is 7.98. The van der Waals surface area contributed by atoms with Gasteiger partial charge >= 0.3 is 0 Å². The quantitative estimate of drug-likeness (QED) is 0.397. The van der Waals surface area contributed by atoms with Crippen molar-refractivity contribution in [3.63, 3.8) is 0 Å². The van der Waals surface area contributed by atoms with Gasteiger partial charge in [0.25, 0.3) is 5.91 Å². The fourth-order valence-corrected chi connectivity index (χ4v) is 4.28. The minimum absolute atomic E-state index is 0.0194. The lowest BCUT2D eigenvalue weighted by molar-refractivity contribution is 0.0953. The third-order valence-electron chi connectivity index (χ3n) is 4.32. The summed E-state index contributed by atoms with van der Waals surface area (Å²) in [5.41, 5.74) is 3.00. The molecule has 1 heterocycles. The van der Waals surface area contributed by atoms with E-state index in [4.69, 9.17) is 0 Å². The first kappa shape index (κ1) is 20.4. The van der Waals surface area contributed by atoms with Crippen molar-refractivity contribution in [1.29, 1.82) is 0 Å². The number of carbonyl (C=O) groups is 1. The summed E-state index contributed by atoms with van der Waals surface area (Å²) in [6, 6.07) is 18.0. The number of benzene rings is 2. The molecule has 1 N–H and O–H groups in total. The lowest BCUT2D eigenvalue weighted by Crippen LogP contribution is -2.28. The van der Waals surface area contributed by atoms with Gasteiger partial charge in [0.05, 0.1) is 10.7 Å². The van der Waals surface area contributed by atoms with Gasteiger partial charge in [-0.3, -0.25) is 4.79 Å². The zero-order valence-corrected chi connectivity index (χ0v) is 17.9. The summed E-state index contributed by atoms with van der Waals surface area (Å²) in [5, 5.41) is 6.20. The SMILES string of the molecule is Cc1nc(CSc2ccc(C(=O)NCCCN(C)c3ccccc3)cc2)cs1. The van der Waals surface area contributed by atoms with Crippen LogP contribution in [0.2, 0.25) is 0 Å². The molecule has 1 aromatic heterocycles. The molecule has 4 nitrogen and oxygen atoms in total. The molecule has 1 amide bonds. The fraction of sp³-hybridized carbons (Fsp3) is 0.273. The fourth-order valence-electron chi connectivity index (χ4n) is 2.77. The van der Waals surface area contributed by atoms with Crippen molar-refractivity contribution in [3.05, 3.63) is 76.2 Å². The number of hydrogen-bond donors (Lipinski definition) is 1. The summed E-state index contributed by atoms with van der Waals surface area (Å²) < 4.78 is 0. The summed E-state index contributed by atoms with van der Waals surface area (Å²) in [6.07, 6.45) is 0.901. The Morgan fingerprint density at radius 1 is 1.14 bits per heavy atom. The highest BCUT2D eigenvalue weighted by Crippen LogP contribution is 2.23. The van der Waals surface area contributed by atoms with Gasteiger partial charge in [0.1, 0.15) is 0 Å². The van der Waals surface area contributed by atoms with E-state index in [0.717, 1.165) is 34.3 Å². The Hall–Kier alpha value is -2.31. The van der Waals surface area contributed by atoms with Crippen molar-refractivity contribution in [2.75, 3.05) is 25.0 Å². The van der Waals surface area contributed by atoms with Crippen molar-refractivity contribution < 1.29 is 4.79 Å². The lowest BCUT2D eigenvalue weighted by atomic mass is 10.2. The van der Waals surface area contributed by atoms with Crippen LogP contribution in [-0.4, -0.2) is 31.0 Å². The van der Waals surface area contributed by atoms with Crippen LogP contribution in [0.3, 0.4) is 0 Å². The molecule has 2 aromatic carbocycles. The lowest BCUT2D eigenvalue weighted by Gasteiger charge is -2.19. The Bertz CT molecular complexity index is 878. The van der Waals surface area contributed by atoms with E-state index in [1.165, 1.54) is 5.69 Å². The second kappa shape index (κ2) is 10.3. The van der Waals surface area contributed by atoms with Crippen LogP contribution >= 0.6 is 23.1 Å². The highest BCUT2D eigenvalue weighted by atomic mass is 32.2. The number of amides is 1. The second-order valence-corrected chi connectivity index (χ2v) is 8.65. The second-order valence-electron chi connectivity index (χ2n) is 6.54. The normalized spacial score (nSPS) is 10.6. The Kier molecular flexibility index (Phi) is 7.51. The van der Waals surface area contributed by atoms with E-state index >= 15 is 0 Å². The molecule has 0 unspecified atom stereocenters. The summed E-state index contributed by atoms with van der Waals surface area (Å²) in [7, 11) is 2.07. The molecule has 0 aliphatic carbocycles. The molecule has 0 radical (unpaired) electrons. The molecule has 0 aliphatic heterocycles. The van der Waals surface area contributed by atoms with Gasteiger partial charge in [-0.25, -0.2) is 4.98 Å². The largest absolute Gasteiger partial charge is 0.375 e. The van der Waals surface area contributed by atoms with Crippen LogP contribution < -0.4 is 10.2 Å².